The number of rotatable bonds is 4. The van der Waals surface area contributed by atoms with E-state index in [9.17, 15) is 0 Å². The highest BCUT2D eigenvalue weighted by atomic mass is 32.1. The fraction of sp³-hybridized carbons (Fsp3) is 0.636. The molecule has 1 aromatic heterocycles. The summed E-state index contributed by atoms with van der Waals surface area (Å²) in [5.41, 5.74) is 7.03. The summed E-state index contributed by atoms with van der Waals surface area (Å²) in [5, 5.41) is 5.65. The lowest BCUT2D eigenvalue weighted by atomic mass is 9.99. The van der Waals surface area contributed by atoms with Crippen LogP contribution in [0.5, 0.6) is 0 Å². The molecule has 1 aliphatic rings. The van der Waals surface area contributed by atoms with E-state index in [4.69, 9.17) is 5.73 Å². The van der Waals surface area contributed by atoms with Crippen molar-refractivity contribution in [2.45, 2.75) is 38.8 Å². The zero-order valence-corrected chi connectivity index (χ0v) is 9.66. The Morgan fingerprint density at radius 3 is 2.79 bits per heavy atom. The number of nitrogen functional groups attached to an aromatic ring is 1. The first-order valence-corrected chi connectivity index (χ1v) is 6.04. The second-order valence-corrected chi connectivity index (χ2v) is 5.65. The first-order valence-electron chi connectivity index (χ1n) is 5.16. The Morgan fingerprint density at radius 2 is 2.29 bits per heavy atom. The molecule has 0 radical (unpaired) electrons. The van der Waals surface area contributed by atoms with Gasteiger partial charge in [-0.1, -0.05) is 0 Å². The molecule has 2 nitrogen and oxygen atoms in total. The topological polar surface area (TPSA) is 38.0 Å². The molecule has 78 valence electrons. The van der Waals surface area contributed by atoms with Gasteiger partial charge in [0.1, 0.15) is 0 Å². The number of thiophene rings is 1. The minimum Gasteiger partial charge on any atom is -0.398 e. The molecule has 0 unspecified atom stereocenters. The van der Waals surface area contributed by atoms with Gasteiger partial charge in [-0.3, -0.25) is 0 Å². The highest BCUT2D eigenvalue weighted by Gasteiger charge is 2.37. The fourth-order valence-electron chi connectivity index (χ4n) is 1.75. The molecule has 3 heteroatoms. The molecule has 3 N–H and O–H groups in total. The highest BCUT2D eigenvalue weighted by molar-refractivity contribution is 7.10. The van der Waals surface area contributed by atoms with E-state index in [1.807, 2.05) is 6.07 Å². The number of nitrogens with one attached hydrogen (secondary N) is 1. The van der Waals surface area contributed by atoms with Crippen LogP contribution < -0.4 is 11.1 Å². The average Bonchev–Trinajstić information content (AvgIpc) is 2.89. The van der Waals surface area contributed by atoms with Crippen LogP contribution >= 0.6 is 11.3 Å². The summed E-state index contributed by atoms with van der Waals surface area (Å²) in [6.07, 6.45) is 2.75. The average molecular weight is 210 g/mol. The number of nitrogens with two attached hydrogens (primary N) is 1. The van der Waals surface area contributed by atoms with Crippen LogP contribution in [0.4, 0.5) is 5.69 Å². The molecule has 0 saturated heterocycles. The molecule has 2 rings (SSSR count). The van der Waals surface area contributed by atoms with E-state index < -0.39 is 0 Å². The molecular weight excluding hydrogens is 192 g/mol. The van der Waals surface area contributed by atoms with E-state index in [-0.39, 0.29) is 5.54 Å². The maximum Gasteiger partial charge on any atom is 0.0468 e. The standard InChI is InChI=1S/C11H18N2S/c1-11(2,8-3-4-8)13-7-10-9(12)5-6-14-10/h5-6,8,13H,3-4,7,12H2,1-2H3. The molecule has 1 fully saturated rings. The van der Waals surface area contributed by atoms with Gasteiger partial charge in [-0.25, -0.2) is 0 Å². The molecule has 0 spiro atoms. The van der Waals surface area contributed by atoms with E-state index in [0.29, 0.717) is 0 Å². The summed E-state index contributed by atoms with van der Waals surface area (Å²) in [7, 11) is 0. The largest absolute Gasteiger partial charge is 0.398 e. The number of anilines is 1. The van der Waals surface area contributed by atoms with Gasteiger partial charge in [0.15, 0.2) is 0 Å². The molecule has 14 heavy (non-hydrogen) atoms. The first kappa shape index (κ1) is 9.99. The summed E-state index contributed by atoms with van der Waals surface area (Å²) < 4.78 is 0. The Labute approximate surface area is 89.5 Å². The van der Waals surface area contributed by atoms with Gasteiger partial charge in [0.25, 0.3) is 0 Å². The van der Waals surface area contributed by atoms with Crippen LogP contribution in [0.2, 0.25) is 0 Å². The summed E-state index contributed by atoms with van der Waals surface area (Å²) in [4.78, 5) is 1.26. The third kappa shape index (κ3) is 2.10. The molecule has 0 atom stereocenters. The normalized spacial score (nSPS) is 17.3. The molecule has 0 aromatic carbocycles. The third-order valence-electron chi connectivity index (χ3n) is 3.08. The summed E-state index contributed by atoms with van der Waals surface area (Å²) >= 11 is 1.73. The minimum atomic E-state index is 0.274. The highest BCUT2D eigenvalue weighted by Crippen LogP contribution is 2.39. The number of hydrogen-bond acceptors (Lipinski definition) is 3. The summed E-state index contributed by atoms with van der Waals surface area (Å²) in [6.45, 7) is 5.48. The second kappa shape index (κ2) is 3.55. The predicted octanol–water partition coefficient (Wildman–Crippen LogP) is 2.61. The molecule has 1 aliphatic carbocycles. The van der Waals surface area contributed by atoms with Crippen LogP contribution in [-0.4, -0.2) is 5.54 Å². The van der Waals surface area contributed by atoms with Crippen molar-refractivity contribution < 1.29 is 0 Å². The van der Waals surface area contributed by atoms with Gasteiger partial charge in [-0.2, -0.15) is 0 Å². The summed E-state index contributed by atoms with van der Waals surface area (Å²) in [5.74, 6) is 0.865. The van der Waals surface area contributed by atoms with Crippen LogP contribution in [0, 0.1) is 5.92 Å². The van der Waals surface area contributed by atoms with Gasteiger partial charge < -0.3 is 11.1 Å². The van der Waals surface area contributed by atoms with Crippen LogP contribution in [0.3, 0.4) is 0 Å². The van der Waals surface area contributed by atoms with E-state index in [1.165, 1.54) is 17.7 Å². The van der Waals surface area contributed by atoms with E-state index >= 15 is 0 Å². The van der Waals surface area contributed by atoms with Crippen molar-refractivity contribution in [1.29, 1.82) is 0 Å². The smallest absolute Gasteiger partial charge is 0.0468 e. The Kier molecular flexibility index (Phi) is 2.54. The van der Waals surface area contributed by atoms with Gasteiger partial charge in [-0.05, 0) is 44.1 Å². The SMILES string of the molecule is CC(C)(NCc1sccc1N)C1CC1. The van der Waals surface area contributed by atoms with Crippen LogP contribution in [0.1, 0.15) is 31.6 Å². The van der Waals surface area contributed by atoms with E-state index in [1.54, 1.807) is 11.3 Å². The third-order valence-corrected chi connectivity index (χ3v) is 4.02. The van der Waals surface area contributed by atoms with E-state index in [0.717, 1.165) is 18.2 Å². The van der Waals surface area contributed by atoms with Crippen molar-refractivity contribution >= 4 is 17.0 Å². The fourth-order valence-corrected chi connectivity index (χ4v) is 2.49. The molecule has 1 saturated carbocycles. The minimum absolute atomic E-state index is 0.274. The Balaban J connectivity index is 1.90. The monoisotopic (exact) mass is 210 g/mol. The van der Waals surface area contributed by atoms with Crippen LogP contribution in [0.25, 0.3) is 0 Å². The van der Waals surface area contributed by atoms with Gasteiger partial charge in [-0.15, -0.1) is 11.3 Å². The van der Waals surface area contributed by atoms with Gasteiger partial charge in [0.2, 0.25) is 0 Å². The van der Waals surface area contributed by atoms with Crippen molar-refractivity contribution in [1.82, 2.24) is 5.32 Å². The van der Waals surface area contributed by atoms with Gasteiger partial charge >= 0.3 is 0 Å². The lowest BCUT2D eigenvalue weighted by Crippen LogP contribution is -2.40. The van der Waals surface area contributed by atoms with Crippen LogP contribution in [-0.2, 0) is 6.54 Å². The van der Waals surface area contributed by atoms with Gasteiger partial charge in [0, 0.05) is 22.6 Å². The zero-order valence-electron chi connectivity index (χ0n) is 8.84. The second-order valence-electron chi connectivity index (χ2n) is 4.65. The van der Waals surface area contributed by atoms with Crippen LogP contribution in [0.15, 0.2) is 11.4 Å². The Morgan fingerprint density at radius 1 is 1.57 bits per heavy atom. The van der Waals surface area contributed by atoms with Crippen molar-refractivity contribution in [3.05, 3.63) is 16.3 Å². The lowest BCUT2D eigenvalue weighted by molar-refractivity contribution is 0.341. The number of hydrogen-bond donors (Lipinski definition) is 2. The van der Waals surface area contributed by atoms with Crippen molar-refractivity contribution in [3.63, 3.8) is 0 Å². The summed E-state index contributed by atoms with van der Waals surface area (Å²) in [6, 6.07) is 1.98. The quantitative estimate of drug-likeness (QED) is 0.801. The molecular formula is C11H18N2S. The van der Waals surface area contributed by atoms with Crippen molar-refractivity contribution in [2.75, 3.05) is 5.73 Å². The van der Waals surface area contributed by atoms with Crippen molar-refractivity contribution in [2.24, 2.45) is 5.92 Å². The Hall–Kier alpha value is -0.540. The maximum atomic E-state index is 5.83. The molecule has 0 aliphatic heterocycles. The first-order chi connectivity index (χ1) is 6.59. The molecule has 1 heterocycles. The maximum absolute atomic E-state index is 5.83. The Bertz CT molecular complexity index is 313. The van der Waals surface area contributed by atoms with Crippen molar-refractivity contribution in [3.8, 4) is 0 Å². The van der Waals surface area contributed by atoms with Gasteiger partial charge in [0.05, 0.1) is 0 Å². The lowest BCUT2D eigenvalue weighted by Gasteiger charge is -2.26. The predicted molar refractivity (Wildman–Crippen MR) is 62.4 cm³/mol. The molecule has 1 aromatic rings. The zero-order chi connectivity index (χ0) is 10.2. The molecule has 0 bridgehead atoms. The van der Waals surface area contributed by atoms with E-state index in [2.05, 4.69) is 24.5 Å². The molecule has 0 amide bonds.